The zero-order valence-electron chi connectivity index (χ0n) is 10.0. The molecule has 1 unspecified atom stereocenters. The molecule has 0 aromatic rings. The molecule has 0 aromatic carbocycles. The van der Waals surface area contributed by atoms with Crippen LogP contribution >= 0.6 is 12.6 Å². The van der Waals surface area contributed by atoms with Crippen LogP contribution in [-0.2, 0) is 0 Å². The number of hydrogen-bond acceptors (Lipinski definition) is 3. The first-order valence-electron chi connectivity index (χ1n) is 6.09. The van der Waals surface area contributed by atoms with Crippen LogP contribution in [0.5, 0.6) is 0 Å². The summed E-state index contributed by atoms with van der Waals surface area (Å²) in [7, 11) is 2.19. The summed E-state index contributed by atoms with van der Waals surface area (Å²) in [4.78, 5) is 2.41. The average molecular weight is 231 g/mol. The third-order valence-corrected chi connectivity index (χ3v) is 3.66. The highest BCUT2D eigenvalue weighted by Crippen LogP contribution is 2.27. The Hall–Kier alpha value is 0.270. The molecule has 1 atom stereocenters. The zero-order chi connectivity index (χ0) is 11.3. The molecule has 1 N–H and O–H groups in total. The SMILES string of the molecule is CC(CCS)CCN(C)CC1CC(O)C1. The third kappa shape index (κ3) is 5.23. The molecule has 0 bridgehead atoms. The minimum absolute atomic E-state index is 0.00786. The van der Waals surface area contributed by atoms with Crippen LogP contribution in [0.4, 0.5) is 0 Å². The smallest absolute Gasteiger partial charge is 0.0546 e. The topological polar surface area (TPSA) is 23.5 Å². The van der Waals surface area contributed by atoms with Gasteiger partial charge in [0.1, 0.15) is 0 Å². The van der Waals surface area contributed by atoms with Gasteiger partial charge < -0.3 is 10.0 Å². The molecule has 1 aliphatic rings. The average Bonchev–Trinajstić information content (AvgIpc) is 2.13. The lowest BCUT2D eigenvalue weighted by atomic mass is 9.82. The van der Waals surface area contributed by atoms with E-state index in [9.17, 15) is 5.11 Å². The van der Waals surface area contributed by atoms with Crippen molar-refractivity contribution in [3.05, 3.63) is 0 Å². The van der Waals surface area contributed by atoms with Crippen LogP contribution in [0.1, 0.15) is 32.6 Å². The number of thiol groups is 1. The summed E-state index contributed by atoms with van der Waals surface area (Å²) in [6, 6.07) is 0. The van der Waals surface area contributed by atoms with Crippen molar-refractivity contribution in [2.75, 3.05) is 25.9 Å². The monoisotopic (exact) mass is 231 g/mol. The van der Waals surface area contributed by atoms with Crippen molar-refractivity contribution < 1.29 is 5.11 Å². The molecule has 3 heteroatoms. The minimum Gasteiger partial charge on any atom is -0.393 e. The Morgan fingerprint density at radius 1 is 1.40 bits per heavy atom. The van der Waals surface area contributed by atoms with Crippen molar-refractivity contribution in [2.24, 2.45) is 11.8 Å². The fourth-order valence-electron chi connectivity index (χ4n) is 2.19. The fourth-order valence-corrected chi connectivity index (χ4v) is 2.63. The molecular formula is C12H25NOS. The largest absolute Gasteiger partial charge is 0.393 e. The molecule has 0 radical (unpaired) electrons. The van der Waals surface area contributed by atoms with Crippen molar-refractivity contribution >= 4 is 12.6 Å². The Morgan fingerprint density at radius 3 is 2.60 bits per heavy atom. The van der Waals surface area contributed by atoms with Gasteiger partial charge >= 0.3 is 0 Å². The van der Waals surface area contributed by atoms with Crippen LogP contribution in [-0.4, -0.2) is 42.0 Å². The van der Waals surface area contributed by atoms with E-state index in [0.717, 1.165) is 37.0 Å². The molecule has 0 saturated heterocycles. The highest BCUT2D eigenvalue weighted by Gasteiger charge is 2.27. The Balaban J connectivity index is 2.00. The van der Waals surface area contributed by atoms with Crippen molar-refractivity contribution in [1.29, 1.82) is 0 Å². The van der Waals surface area contributed by atoms with E-state index < -0.39 is 0 Å². The molecule has 0 aliphatic heterocycles. The molecule has 15 heavy (non-hydrogen) atoms. The summed E-state index contributed by atoms with van der Waals surface area (Å²) in [5.74, 6) is 2.53. The predicted octanol–water partition coefficient (Wildman–Crippen LogP) is 2.04. The van der Waals surface area contributed by atoms with Gasteiger partial charge in [0.2, 0.25) is 0 Å². The summed E-state index contributed by atoms with van der Waals surface area (Å²) in [5.41, 5.74) is 0. The van der Waals surface area contributed by atoms with Gasteiger partial charge in [-0.2, -0.15) is 12.6 Å². The van der Waals surface area contributed by atoms with Crippen LogP contribution in [0.15, 0.2) is 0 Å². The Morgan fingerprint density at radius 2 is 2.07 bits per heavy atom. The van der Waals surface area contributed by atoms with Gasteiger partial charge in [-0.1, -0.05) is 6.92 Å². The highest BCUT2D eigenvalue weighted by atomic mass is 32.1. The van der Waals surface area contributed by atoms with E-state index >= 15 is 0 Å². The summed E-state index contributed by atoms with van der Waals surface area (Å²) in [6.07, 6.45) is 4.50. The standard InChI is InChI=1S/C12H25NOS/c1-10(4-6-15)3-5-13(2)9-11-7-12(14)8-11/h10-12,14-15H,3-9H2,1-2H3. The number of aliphatic hydroxyl groups excluding tert-OH is 1. The molecule has 2 nitrogen and oxygen atoms in total. The van der Waals surface area contributed by atoms with Gasteiger partial charge in [0.25, 0.3) is 0 Å². The van der Waals surface area contributed by atoms with Crippen molar-refractivity contribution in [2.45, 2.75) is 38.7 Å². The van der Waals surface area contributed by atoms with E-state index in [1.54, 1.807) is 0 Å². The van der Waals surface area contributed by atoms with E-state index in [1.807, 2.05) is 0 Å². The quantitative estimate of drug-likeness (QED) is 0.655. The molecule has 1 aliphatic carbocycles. The first kappa shape index (κ1) is 13.3. The maximum absolute atomic E-state index is 9.19. The first-order chi connectivity index (χ1) is 7.11. The third-order valence-electron chi connectivity index (χ3n) is 3.41. The molecule has 90 valence electrons. The van der Waals surface area contributed by atoms with E-state index in [1.165, 1.54) is 19.4 Å². The number of nitrogens with zero attached hydrogens (tertiary/aromatic N) is 1. The second kappa shape index (κ2) is 6.77. The lowest BCUT2D eigenvalue weighted by Gasteiger charge is -2.34. The summed E-state index contributed by atoms with van der Waals surface area (Å²) in [5, 5.41) is 9.19. The molecule has 1 rings (SSSR count). The lowest BCUT2D eigenvalue weighted by molar-refractivity contribution is 0.0278. The van der Waals surface area contributed by atoms with Gasteiger partial charge in [-0.3, -0.25) is 0 Å². The predicted molar refractivity (Wildman–Crippen MR) is 68.5 cm³/mol. The van der Waals surface area contributed by atoms with E-state index in [0.29, 0.717) is 0 Å². The normalized spacial score (nSPS) is 27.8. The van der Waals surface area contributed by atoms with Gasteiger partial charge in [0, 0.05) is 6.54 Å². The first-order valence-corrected chi connectivity index (χ1v) is 6.72. The van der Waals surface area contributed by atoms with Gasteiger partial charge in [-0.25, -0.2) is 0 Å². The van der Waals surface area contributed by atoms with Crippen molar-refractivity contribution in [3.63, 3.8) is 0 Å². The molecule has 0 spiro atoms. The molecular weight excluding hydrogens is 206 g/mol. The van der Waals surface area contributed by atoms with Crippen LogP contribution in [0.2, 0.25) is 0 Å². The number of rotatable bonds is 7. The number of hydrogen-bond donors (Lipinski definition) is 2. The molecule has 0 aromatic heterocycles. The van der Waals surface area contributed by atoms with E-state index in [2.05, 4.69) is 31.5 Å². The van der Waals surface area contributed by atoms with Crippen molar-refractivity contribution in [1.82, 2.24) is 4.90 Å². The van der Waals surface area contributed by atoms with Gasteiger partial charge in [-0.05, 0) is 56.9 Å². The van der Waals surface area contributed by atoms with Crippen LogP contribution < -0.4 is 0 Å². The molecule has 0 heterocycles. The zero-order valence-corrected chi connectivity index (χ0v) is 10.9. The Bertz CT molecular complexity index is 171. The van der Waals surface area contributed by atoms with Gasteiger partial charge in [-0.15, -0.1) is 0 Å². The molecule has 0 amide bonds. The lowest BCUT2D eigenvalue weighted by Crippen LogP contribution is -2.37. The van der Waals surface area contributed by atoms with E-state index in [-0.39, 0.29) is 6.10 Å². The second-order valence-electron chi connectivity index (χ2n) is 5.16. The fraction of sp³-hybridized carbons (Fsp3) is 1.00. The maximum atomic E-state index is 9.19. The minimum atomic E-state index is -0.00786. The Labute approximate surface area is 99.5 Å². The maximum Gasteiger partial charge on any atom is 0.0546 e. The van der Waals surface area contributed by atoms with Crippen LogP contribution in [0.25, 0.3) is 0 Å². The summed E-state index contributed by atoms with van der Waals surface area (Å²) >= 11 is 4.25. The second-order valence-corrected chi connectivity index (χ2v) is 5.61. The van der Waals surface area contributed by atoms with Crippen molar-refractivity contribution in [3.8, 4) is 0 Å². The van der Waals surface area contributed by atoms with Gasteiger partial charge in [0.05, 0.1) is 6.10 Å². The summed E-state index contributed by atoms with van der Waals surface area (Å²) < 4.78 is 0. The van der Waals surface area contributed by atoms with E-state index in [4.69, 9.17) is 0 Å². The highest BCUT2D eigenvalue weighted by molar-refractivity contribution is 7.80. The Kier molecular flexibility index (Phi) is 6.02. The number of aliphatic hydroxyl groups is 1. The van der Waals surface area contributed by atoms with Crippen LogP contribution in [0.3, 0.4) is 0 Å². The molecule has 1 saturated carbocycles. The van der Waals surface area contributed by atoms with Crippen LogP contribution in [0, 0.1) is 11.8 Å². The molecule has 1 fully saturated rings. The van der Waals surface area contributed by atoms with Gasteiger partial charge in [0.15, 0.2) is 0 Å². The summed E-state index contributed by atoms with van der Waals surface area (Å²) in [6.45, 7) is 4.64.